The molecule has 1 aromatic heterocycles. The second kappa shape index (κ2) is 6.73. The lowest BCUT2D eigenvalue weighted by molar-refractivity contribution is 0.485. The highest BCUT2D eigenvalue weighted by Gasteiger charge is 2.05. The van der Waals surface area contributed by atoms with Gasteiger partial charge < -0.3 is 9.73 Å². The van der Waals surface area contributed by atoms with Gasteiger partial charge in [-0.1, -0.05) is 19.1 Å². The fraction of sp³-hybridized carbons (Fsp3) is 0.429. The molecular weight excluding hydrogens is 258 g/mol. The Morgan fingerprint density at radius 1 is 1.26 bits per heavy atom. The Morgan fingerprint density at radius 2 is 2.00 bits per heavy atom. The molecule has 4 nitrogen and oxygen atoms in total. The van der Waals surface area contributed by atoms with Crippen LogP contribution in [0.3, 0.4) is 0 Å². The van der Waals surface area contributed by atoms with Gasteiger partial charge >= 0.3 is 0 Å². The Hall–Kier alpha value is -1.33. The van der Waals surface area contributed by atoms with Gasteiger partial charge in [0.1, 0.15) is 0 Å². The zero-order valence-electron chi connectivity index (χ0n) is 11.5. The van der Waals surface area contributed by atoms with Gasteiger partial charge in [0.2, 0.25) is 11.8 Å². The van der Waals surface area contributed by atoms with Crippen LogP contribution < -0.4 is 5.32 Å². The molecule has 102 valence electrons. The van der Waals surface area contributed by atoms with E-state index in [0.717, 1.165) is 6.54 Å². The number of nitrogens with zero attached hydrogens (tertiary/aromatic N) is 2. The van der Waals surface area contributed by atoms with Crippen LogP contribution in [0, 0.1) is 6.92 Å². The molecule has 1 heterocycles. The molecule has 0 aliphatic heterocycles. The molecule has 0 bridgehead atoms. The summed E-state index contributed by atoms with van der Waals surface area (Å²) < 4.78 is 5.35. The molecule has 0 aliphatic carbocycles. The molecule has 0 radical (unpaired) electrons. The zero-order valence-corrected chi connectivity index (χ0v) is 12.3. The topological polar surface area (TPSA) is 51.0 Å². The van der Waals surface area contributed by atoms with Crippen molar-refractivity contribution in [2.24, 2.45) is 0 Å². The van der Waals surface area contributed by atoms with Crippen LogP contribution in [0.1, 0.15) is 37.2 Å². The summed E-state index contributed by atoms with van der Waals surface area (Å²) in [6.07, 6.45) is 0. The van der Waals surface area contributed by atoms with Crippen molar-refractivity contribution in [1.82, 2.24) is 15.5 Å². The highest BCUT2D eigenvalue weighted by atomic mass is 32.2. The van der Waals surface area contributed by atoms with Crippen LogP contribution >= 0.6 is 11.8 Å². The lowest BCUT2D eigenvalue weighted by atomic mass is 10.1. The lowest BCUT2D eigenvalue weighted by Crippen LogP contribution is -2.17. The van der Waals surface area contributed by atoms with Gasteiger partial charge in [0.15, 0.2) is 0 Å². The summed E-state index contributed by atoms with van der Waals surface area (Å²) in [5.41, 5.74) is 1.31. The summed E-state index contributed by atoms with van der Waals surface area (Å²) >= 11 is 1.70. The largest absolute Gasteiger partial charge is 0.425 e. The van der Waals surface area contributed by atoms with E-state index in [1.54, 1.807) is 18.7 Å². The minimum atomic E-state index is 0.391. The van der Waals surface area contributed by atoms with E-state index in [2.05, 4.69) is 53.6 Å². The van der Waals surface area contributed by atoms with Crippen molar-refractivity contribution in [3.05, 3.63) is 41.6 Å². The summed E-state index contributed by atoms with van der Waals surface area (Å²) in [4.78, 5) is 1.21. The first-order valence-electron chi connectivity index (χ1n) is 6.44. The van der Waals surface area contributed by atoms with Crippen LogP contribution in [-0.2, 0) is 5.75 Å². The summed E-state index contributed by atoms with van der Waals surface area (Å²) in [6, 6.07) is 8.99. The first kappa shape index (κ1) is 14.1. The summed E-state index contributed by atoms with van der Waals surface area (Å²) in [5, 5.41) is 11.2. The number of aromatic nitrogens is 2. The third-order valence-corrected chi connectivity index (χ3v) is 3.82. The first-order valence-corrected chi connectivity index (χ1v) is 7.42. The van der Waals surface area contributed by atoms with Crippen LogP contribution in [0.2, 0.25) is 0 Å². The summed E-state index contributed by atoms with van der Waals surface area (Å²) in [7, 11) is 0. The van der Waals surface area contributed by atoms with Crippen molar-refractivity contribution in [2.75, 3.05) is 6.54 Å². The number of rotatable bonds is 6. The summed E-state index contributed by atoms with van der Waals surface area (Å²) in [5.74, 6) is 2.00. The fourth-order valence-electron chi connectivity index (χ4n) is 1.82. The minimum absolute atomic E-state index is 0.391. The third kappa shape index (κ3) is 4.08. The van der Waals surface area contributed by atoms with Gasteiger partial charge in [-0.05, 0) is 31.2 Å². The fourth-order valence-corrected chi connectivity index (χ4v) is 2.55. The highest BCUT2D eigenvalue weighted by molar-refractivity contribution is 7.98. The number of aryl methyl sites for hydroxylation is 1. The average molecular weight is 277 g/mol. The zero-order chi connectivity index (χ0) is 13.7. The maximum absolute atomic E-state index is 5.35. The van der Waals surface area contributed by atoms with Crippen molar-refractivity contribution in [3.8, 4) is 0 Å². The first-order chi connectivity index (χ1) is 9.19. The van der Waals surface area contributed by atoms with Gasteiger partial charge in [0.05, 0.1) is 5.75 Å². The molecular formula is C14H19N3OS. The molecule has 2 rings (SSSR count). The van der Waals surface area contributed by atoms with Crippen molar-refractivity contribution in [1.29, 1.82) is 0 Å². The van der Waals surface area contributed by atoms with Crippen LogP contribution in [0.5, 0.6) is 0 Å². The number of hydrogen-bond acceptors (Lipinski definition) is 5. The van der Waals surface area contributed by atoms with Crippen molar-refractivity contribution >= 4 is 11.8 Å². The number of thioether (sulfide) groups is 1. The van der Waals surface area contributed by atoms with Gasteiger partial charge in [-0.3, -0.25) is 0 Å². The molecule has 1 atom stereocenters. The van der Waals surface area contributed by atoms with E-state index in [0.29, 0.717) is 23.6 Å². The maximum Gasteiger partial charge on any atom is 0.226 e. The molecule has 0 fully saturated rings. The second-order valence-corrected chi connectivity index (χ2v) is 5.40. The Bertz CT molecular complexity index is 510. The Balaban J connectivity index is 1.91. The van der Waals surface area contributed by atoms with Crippen LogP contribution in [-0.4, -0.2) is 16.7 Å². The Kier molecular flexibility index (Phi) is 4.99. The van der Waals surface area contributed by atoms with E-state index in [4.69, 9.17) is 4.42 Å². The molecule has 1 aromatic carbocycles. The molecule has 1 unspecified atom stereocenters. The van der Waals surface area contributed by atoms with E-state index in [9.17, 15) is 0 Å². The van der Waals surface area contributed by atoms with Crippen molar-refractivity contribution in [2.45, 2.75) is 37.5 Å². The Morgan fingerprint density at radius 3 is 2.58 bits per heavy atom. The van der Waals surface area contributed by atoms with E-state index >= 15 is 0 Å². The molecule has 1 N–H and O–H groups in total. The molecule has 2 aromatic rings. The lowest BCUT2D eigenvalue weighted by Gasteiger charge is -2.12. The van der Waals surface area contributed by atoms with Crippen LogP contribution in [0.25, 0.3) is 0 Å². The second-order valence-electron chi connectivity index (χ2n) is 4.35. The predicted octanol–water partition coefficient (Wildman–Crippen LogP) is 3.34. The van der Waals surface area contributed by atoms with Gasteiger partial charge in [-0.15, -0.1) is 22.0 Å². The van der Waals surface area contributed by atoms with Gasteiger partial charge in [-0.2, -0.15) is 0 Å². The number of hydrogen-bond donors (Lipinski definition) is 1. The smallest absolute Gasteiger partial charge is 0.226 e. The van der Waals surface area contributed by atoms with Crippen molar-refractivity contribution < 1.29 is 4.42 Å². The monoisotopic (exact) mass is 277 g/mol. The number of nitrogens with one attached hydrogen (secondary N) is 1. The van der Waals surface area contributed by atoms with E-state index in [-0.39, 0.29) is 0 Å². The minimum Gasteiger partial charge on any atom is -0.425 e. The Labute approximate surface area is 118 Å². The number of benzene rings is 1. The van der Waals surface area contributed by atoms with E-state index in [1.165, 1.54) is 10.5 Å². The third-order valence-electron chi connectivity index (χ3n) is 2.82. The average Bonchev–Trinajstić information content (AvgIpc) is 2.83. The normalized spacial score (nSPS) is 12.6. The van der Waals surface area contributed by atoms with Crippen LogP contribution in [0.15, 0.2) is 33.6 Å². The van der Waals surface area contributed by atoms with Gasteiger partial charge in [-0.25, -0.2) is 0 Å². The van der Waals surface area contributed by atoms with E-state index < -0.39 is 0 Å². The SMILES string of the molecule is CCNC(C)c1ccc(SCc2nnc(C)o2)cc1. The summed E-state index contributed by atoms with van der Waals surface area (Å²) in [6.45, 7) is 7.08. The molecule has 0 amide bonds. The molecule has 19 heavy (non-hydrogen) atoms. The van der Waals surface area contributed by atoms with Gasteiger partial charge in [0, 0.05) is 17.9 Å². The highest BCUT2D eigenvalue weighted by Crippen LogP contribution is 2.24. The molecule has 0 saturated carbocycles. The van der Waals surface area contributed by atoms with Crippen molar-refractivity contribution in [3.63, 3.8) is 0 Å². The molecule has 0 saturated heterocycles. The van der Waals surface area contributed by atoms with Gasteiger partial charge in [0.25, 0.3) is 0 Å². The van der Waals surface area contributed by atoms with Crippen LogP contribution in [0.4, 0.5) is 0 Å². The standard InChI is InChI=1S/C14H19N3OS/c1-4-15-10(2)12-5-7-13(8-6-12)19-9-14-17-16-11(3)18-14/h5-8,10,15H,4,9H2,1-3H3. The molecule has 0 aliphatic rings. The van der Waals surface area contributed by atoms with E-state index in [1.807, 2.05) is 0 Å². The molecule has 0 spiro atoms. The quantitative estimate of drug-likeness (QED) is 0.821. The maximum atomic E-state index is 5.35. The molecule has 5 heteroatoms. The predicted molar refractivity (Wildman–Crippen MR) is 77.1 cm³/mol.